The number of aromatic nitrogens is 3. The molecule has 0 aliphatic heterocycles. The van der Waals surface area contributed by atoms with Crippen LogP contribution in [0, 0.1) is 6.92 Å². The first-order valence-electron chi connectivity index (χ1n) is 7.70. The molecule has 1 aromatic carbocycles. The van der Waals surface area contributed by atoms with Crippen LogP contribution >= 0.6 is 22.9 Å². The van der Waals surface area contributed by atoms with Gasteiger partial charge in [-0.1, -0.05) is 22.8 Å². The maximum atomic E-state index is 12.4. The van der Waals surface area contributed by atoms with E-state index in [1.165, 1.54) is 11.3 Å². The fourth-order valence-electron chi connectivity index (χ4n) is 2.47. The number of hydrogen-bond acceptors (Lipinski definition) is 7. The summed E-state index contributed by atoms with van der Waals surface area (Å²) in [4.78, 5) is 22.0. The molecular weight excluding hydrogens is 374 g/mol. The third-order valence-electron chi connectivity index (χ3n) is 3.72. The molecule has 0 saturated carbocycles. The van der Waals surface area contributed by atoms with Crippen molar-refractivity contribution < 1.29 is 14.1 Å². The number of aryl methyl sites for hydroxylation is 1. The largest absolute Gasteiger partial charge is 0.452 e. The van der Waals surface area contributed by atoms with Crippen molar-refractivity contribution in [3.63, 3.8) is 0 Å². The second-order valence-corrected chi connectivity index (χ2v) is 6.91. The van der Waals surface area contributed by atoms with E-state index in [9.17, 15) is 4.79 Å². The summed E-state index contributed by atoms with van der Waals surface area (Å²) in [7, 11) is 0. The van der Waals surface area contributed by atoms with E-state index < -0.39 is 5.97 Å². The van der Waals surface area contributed by atoms with Crippen LogP contribution in [0.2, 0.25) is 5.02 Å². The Morgan fingerprint density at radius 1 is 1.27 bits per heavy atom. The second-order valence-electron chi connectivity index (χ2n) is 5.52. The monoisotopic (exact) mass is 385 g/mol. The number of carbonyl (C=O) groups excluding carboxylic acids is 1. The van der Waals surface area contributed by atoms with Crippen molar-refractivity contribution in [3.05, 3.63) is 63.9 Å². The van der Waals surface area contributed by atoms with Gasteiger partial charge in [0.2, 0.25) is 5.82 Å². The van der Waals surface area contributed by atoms with Crippen LogP contribution in [0.1, 0.15) is 21.9 Å². The molecule has 0 saturated heterocycles. The minimum absolute atomic E-state index is 0.107. The van der Waals surface area contributed by atoms with Gasteiger partial charge in [0.1, 0.15) is 0 Å². The van der Waals surface area contributed by atoms with E-state index in [4.69, 9.17) is 20.9 Å². The van der Waals surface area contributed by atoms with Gasteiger partial charge in [-0.05, 0) is 42.6 Å². The van der Waals surface area contributed by atoms with E-state index >= 15 is 0 Å². The number of halogens is 1. The standard InChI is InChI=1S/C18H12ClN3O3S/c1-10-13(8-11-7-12(19)4-5-14(11)20-10)18(23)24-9-16-21-17(22-25-16)15-3-2-6-26-15/h2-8H,9H2,1H3. The molecule has 0 bridgehead atoms. The van der Waals surface area contributed by atoms with Crippen molar-refractivity contribution in [1.29, 1.82) is 0 Å². The fraction of sp³-hybridized carbons (Fsp3) is 0.111. The molecule has 0 aliphatic carbocycles. The van der Waals surface area contributed by atoms with Crippen LogP contribution in [0.5, 0.6) is 0 Å². The molecule has 8 heteroatoms. The molecular formula is C18H12ClN3O3S. The average Bonchev–Trinajstić information content (AvgIpc) is 3.30. The number of benzene rings is 1. The lowest BCUT2D eigenvalue weighted by Gasteiger charge is -2.07. The van der Waals surface area contributed by atoms with E-state index in [1.807, 2.05) is 23.6 Å². The number of pyridine rings is 1. The van der Waals surface area contributed by atoms with Crippen molar-refractivity contribution in [3.8, 4) is 10.7 Å². The summed E-state index contributed by atoms with van der Waals surface area (Å²) in [6.45, 7) is 1.65. The first kappa shape index (κ1) is 16.7. The van der Waals surface area contributed by atoms with Crippen LogP contribution in [0.3, 0.4) is 0 Å². The van der Waals surface area contributed by atoms with Crippen LogP contribution in [-0.4, -0.2) is 21.1 Å². The zero-order chi connectivity index (χ0) is 18.1. The Hall–Kier alpha value is -2.77. The number of carbonyl (C=O) groups is 1. The summed E-state index contributed by atoms with van der Waals surface area (Å²) in [5.74, 6) is 0.202. The molecule has 0 amide bonds. The molecule has 26 heavy (non-hydrogen) atoms. The number of rotatable bonds is 4. The van der Waals surface area contributed by atoms with Crippen LogP contribution in [0.25, 0.3) is 21.6 Å². The molecule has 0 aliphatic rings. The zero-order valence-electron chi connectivity index (χ0n) is 13.6. The minimum Gasteiger partial charge on any atom is -0.452 e. The molecule has 3 heterocycles. The Morgan fingerprint density at radius 2 is 2.15 bits per heavy atom. The highest BCUT2D eigenvalue weighted by Gasteiger charge is 2.16. The molecule has 130 valence electrons. The Bertz CT molecular complexity index is 1090. The van der Waals surface area contributed by atoms with E-state index in [2.05, 4.69) is 15.1 Å². The average molecular weight is 386 g/mol. The van der Waals surface area contributed by atoms with Gasteiger partial charge in [0.15, 0.2) is 6.61 Å². The van der Waals surface area contributed by atoms with Crippen molar-refractivity contribution in [1.82, 2.24) is 15.1 Å². The first-order valence-corrected chi connectivity index (χ1v) is 8.96. The third-order valence-corrected chi connectivity index (χ3v) is 4.82. The lowest BCUT2D eigenvalue weighted by atomic mass is 10.1. The Balaban J connectivity index is 1.51. The minimum atomic E-state index is -0.507. The smallest absolute Gasteiger partial charge is 0.340 e. The molecule has 0 atom stereocenters. The van der Waals surface area contributed by atoms with Gasteiger partial charge in [0.05, 0.1) is 21.7 Å². The highest BCUT2D eigenvalue weighted by Crippen LogP contribution is 2.23. The number of nitrogens with zero attached hydrogens (tertiary/aromatic N) is 3. The second kappa shape index (κ2) is 6.86. The summed E-state index contributed by atoms with van der Waals surface area (Å²) >= 11 is 7.51. The van der Waals surface area contributed by atoms with Crippen LogP contribution in [0.4, 0.5) is 0 Å². The van der Waals surface area contributed by atoms with Crippen molar-refractivity contribution in [2.45, 2.75) is 13.5 Å². The third kappa shape index (κ3) is 3.31. The summed E-state index contributed by atoms with van der Waals surface area (Å²) in [5, 5.41) is 7.16. The fourth-order valence-corrected chi connectivity index (χ4v) is 3.30. The molecule has 0 fully saturated rings. The topological polar surface area (TPSA) is 78.1 Å². The normalized spacial score (nSPS) is 11.0. The molecule has 0 unspecified atom stereocenters. The zero-order valence-corrected chi connectivity index (χ0v) is 15.2. The molecule has 4 rings (SSSR count). The van der Waals surface area contributed by atoms with Gasteiger partial charge >= 0.3 is 5.97 Å². The number of fused-ring (bicyclic) bond motifs is 1. The van der Waals surface area contributed by atoms with Gasteiger partial charge in [-0.25, -0.2) is 4.79 Å². The predicted octanol–water partition coefficient (Wildman–Crippen LogP) is 4.67. The van der Waals surface area contributed by atoms with Gasteiger partial charge < -0.3 is 9.26 Å². The summed E-state index contributed by atoms with van der Waals surface area (Å²) < 4.78 is 10.4. The molecule has 3 aromatic heterocycles. The molecule has 4 aromatic rings. The van der Waals surface area contributed by atoms with Gasteiger partial charge in [-0.3, -0.25) is 4.98 Å². The number of esters is 1. The maximum absolute atomic E-state index is 12.4. The van der Waals surface area contributed by atoms with Crippen molar-refractivity contribution in [2.24, 2.45) is 0 Å². The quantitative estimate of drug-likeness (QED) is 0.475. The Kier molecular flexibility index (Phi) is 4.40. The van der Waals surface area contributed by atoms with Crippen LogP contribution < -0.4 is 0 Å². The SMILES string of the molecule is Cc1nc2ccc(Cl)cc2cc1C(=O)OCc1nc(-c2cccs2)no1. The van der Waals surface area contributed by atoms with Gasteiger partial charge in [-0.15, -0.1) is 11.3 Å². The summed E-state index contributed by atoms with van der Waals surface area (Å²) in [5.41, 5.74) is 1.72. The van der Waals surface area contributed by atoms with Crippen LogP contribution in [0.15, 0.2) is 46.3 Å². The summed E-state index contributed by atoms with van der Waals surface area (Å²) in [6.07, 6.45) is 0. The number of thiophene rings is 1. The van der Waals surface area contributed by atoms with E-state index in [1.54, 1.807) is 25.1 Å². The molecule has 0 spiro atoms. The van der Waals surface area contributed by atoms with E-state index in [-0.39, 0.29) is 12.5 Å². The summed E-state index contributed by atoms with van der Waals surface area (Å²) in [6, 6.07) is 10.8. The van der Waals surface area contributed by atoms with Gasteiger partial charge in [0, 0.05) is 10.4 Å². The Morgan fingerprint density at radius 3 is 2.96 bits per heavy atom. The predicted molar refractivity (Wildman–Crippen MR) is 98.2 cm³/mol. The molecule has 0 N–H and O–H groups in total. The van der Waals surface area contributed by atoms with Gasteiger partial charge in [0.25, 0.3) is 5.89 Å². The number of hydrogen-bond donors (Lipinski definition) is 0. The number of ether oxygens (including phenoxy) is 1. The molecule has 0 radical (unpaired) electrons. The van der Waals surface area contributed by atoms with Crippen molar-refractivity contribution in [2.75, 3.05) is 0 Å². The van der Waals surface area contributed by atoms with Crippen LogP contribution in [-0.2, 0) is 11.3 Å². The van der Waals surface area contributed by atoms with E-state index in [0.717, 1.165) is 15.8 Å². The van der Waals surface area contributed by atoms with Crippen molar-refractivity contribution >= 4 is 39.8 Å². The maximum Gasteiger partial charge on any atom is 0.340 e. The van der Waals surface area contributed by atoms with Gasteiger partial charge in [-0.2, -0.15) is 4.98 Å². The lowest BCUT2D eigenvalue weighted by molar-refractivity contribution is 0.0428. The lowest BCUT2D eigenvalue weighted by Crippen LogP contribution is -2.08. The van der Waals surface area contributed by atoms with E-state index in [0.29, 0.717) is 22.1 Å². The highest BCUT2D eigenvalue weighted by molar-refractivity contribution is 7.13. The highest BCUT2D eigenvalue weighted by atomic mass is 35.5. The molecule has 6 nitrogen and oxygen atoms in total. The Labute approximate surface area is 157 Å². The first-order chi connectivity index (χ1) is 12.6.